The standard InChI is InChI=1S/C19H25F2NOS/c20-15-6-7-17(21)16(13-15)18-9-10-22(11-12-24-18)19(23)8-5-14-3-1-2-4-14/h6-7,13-14,18H,1-5,8-12H2. The summed E-state index contributed by atoms with van der Waals surface area (Å²) in [5.74, 6) is 0.971. The van der Waals surface area contributed by atoms with Gasteiger partial charge in [-0.05, 0) is 37.0 Å². The van der Waals surface area contributed by atoms with E-state index < -0.39 is 5.82 Å². The maximum atomic E-state index is 14.0. The molecule has 1 aliphatic carbocycles. The van der Waals surface area contributed by atoms with Crippen LogP contribution in [0.15, 0.2) is 18.2 Å². The average molecular weight is 353 g/mol. The number of nitrogens with zero attached hydrogens (tertiary/aromatic N) is 1. The molecule has 1 aliphatic heterocycles. The van der Waals surface area contributed by atoms with Crippen LogP contribution in [0.4, 0.5) is 8.78 Å². The summed E-state index contributed by atoms with van der Waals surface area (Å²) in [6.07, 6.45) is 7.47. The molecule has 1 unspecified atom stereocenters. The number of benzene rings is 1. The second kappa shape index (κ2) is 8.32. The van der Waals surface area contributed by atoms with Crippen LogP contribution in [0.3, 0.4) is 0 Å². The second-order valence-corrected chi connectivity index (χ2v) is 8.19. The number of hydrogen-bond donors (Lipinski definition) is 0. The molecular formula is C19H25F2NOS. The van der Waals surface area contributed by atoms with Crippen LogP contribution in [-0.2, 0) is 4.79 Å². The van der Waals surface area contributed by atoms with E-state index in [1.807, 2.05) is 4.90 Å². The lowest BCUT2D eigenvalue weighted by molar-refractivity contribution is -0.131. The molecule has 2 aliphatic rings. The van der Waals surface area contributed by atoms with Crippen LogP contribution in [0.5, 0.6) is 0 Å². The molecule has 2 nitrogen and oxygen atoms in total. The molecule has 5 heteroatoms. The predicted octanol–water partition coefficient (Wildman–Crippen LogP) is 4.94. The Hall–Kier alpha value is -1.10. The first kappa shape index (κ1) is 17.7. The summed E-state index contributed by atoms with van der Waals surface area (Å²) in [6.45, 7) is 1.35. The van der Waals surface area contributed by atoms with Crippen molar-refractivity contribution in [3.63, 3.8) is 0 Å². The predicted molar refractivity (Wildman–Crippen MR) is 93.9 cm³/mol. The molecule has 1 heterocycles. The van der Waals surface area contributed by atoms with Crippen molar-refractivity contribution >= 4 is 17.7 Å². The van der Waals surface area contributed by atoms with Crippen LogP contribution in [-0.4, -0.2) is 29.6 Å². The molecule has 1 saturated heterocycles. The fourth-order valence-corrected chi connectivity index (χ4v) is 5.06. The first-order valence-corrected chi connectivity index (χ1v) is 10.0. The highest BCUT2D eigenvalue weighted by Gasteiger charge is 2.25. The van der Waals surface area contributed by atoms with Crippen LogP contribution < -0.4 is 0 Å². The Morgan fingerprint density at radius 2 is 1.96 bits per heavy atom. The van der Waals surface area contributed by atoms with Crippen molar-refractivity contribution in [3.8, 4) is 0 Å². The summed E-state index contributed by atoms with van der Waals surface area (Å²) in [5.41, 5.74) is 0.431. The first-order chi connectivity index (χ1) is 11.6. The minimum atomic E-state index is -0.402. The molecule has 3 rings (SSSR count). The normalized spacial score (nSPS) is 22.6. The largest absolute Gasteiger partial charge is 0.342 e. The Morgan fingerprint density at radius 1 is 1.17 bits per heavy atom. The zero-order chi connectivity index (χ0) is 16.9. The Morgan fingerprint density at radius 3 is 2.75 bits per heavy atom. The Labute approximate surface area is 147 Å². The first-order valence-electron chi connectivity index (χ1n) is 8.98. The van der Waals surface area contributed by atoms with Gasteiger partial charge in [0.1, 0.15) is 11.6 Å². The van der Waals surface area contributed by atoms with Gasteiger partial charge in [0.25, 0.3) is 0 Å². The smallest absolute Gasteiger partial charge is 0.222 e. The molecule has 0 aromatic heterocycles. The van der Waals surface area contributed by atoms with Gasteiger partial charge in [-0.3, -0.25) is 4.79 Å². The van der Waals surface area contributed by atoms with Gasteiger partial charge in [-0.1, -0.05) is 25.7 Å². The van der Waals surface area contributed by atoms with Crippen LogP contribution in [0.2, 0.25) is 0 Å². The second-order valence-electron chi connectivity index (χ2n) is 6.88. The summed E-state index contributed by atoms with van der Waals surface area (Å²) >= 11 is 1.62. The van der Waals surface area contributed by atoms with E-state index in [-0.39, 0.29) is 17.0 Å². The number of hydrogen-bond acceptors (Lipinski definition) is 2. The van der Waals surface area contributed by atoms with Gasteiger partial charge in [0.05, 0.1) is 0 Å². The van der Waals surface area contributed by atoms with Crippen molar-refractivity contribution in [1.29, 1.82) is 0 Å². The monoisotopic (exact) mass is 353 g/mol. The van der Waals surface area contributed by atoms with E-state index in [2.05, 4.69) is 0 Å². The van der Waals surface area contributed by atoms with Crippen molar-refractivity contribution in [3.05, 3.63) is 35.4 Å². The van der Waals surface area contributed by atoms with Gasteiger partial charge in [0.15, 0.2) is 0 Å². The molecule has 24 heavy (non-hydrogen) atoms. The van der Waals surface area contributed by atoms with Gasteiger partial charge in [0.2, 0.25) is 5.91 Å². The van der Waals surface area contributed by atoms with Gasteiger partial charge in [0, 0.05) is 36.1 Å². The van der Waals surface area contributed by atoms with E-state index in [1.165, 1.54) is 37.8 Å². The number of thioether (sulfide) groups is 1. The maximum Gasteiger partial charge on any atom is 0.222 e. The number of amides is 1. The summed E-state index contributed by atoms with van der Waals surface area (Å²) < 4.78 is 27.4. The number of halogens is 2. The highest BCUT2D eigenvalue weighted by atomic mass is 32.2. The molecule has 0 bridgehead atoms. The molecule has 0 radical (unpaired) electrons. The van der Waals surface area contributed by atoms with E-state index in [1.54, 1.807) is 11.8 Å². The maximum absolute atomic E-state index is 14.0. The van der Waals surface area contributed by atoms with Crippen LogP contribution in [0, 0.1) is 17.6 Å². The molecule has 1 amide bonds. The lowest BCUT2D eigenvalue weighted by Gasteiger charge is -2.21. The summed E-state index contributed by atoms with van der Waals surface area (Å²) in [7, 11) is 0. The van der Waals surface area contributed by atoms with Gasteiger partial charge in [-0.15, -0.1) is 0 Å². The van der Waals surface area contributed by atoms with Gasteiger partial charge in [-0.25, -0.2) is 8.78 Å². The number of rotatable bonds is 4. The van der Waals surface area contributed by atoms with E-state index in [0.29, 0.717) is 31.5 Å². The highest BCUT2D eigenvalue weighted by molar-refractivity contribution is 7.99. The quantitative estimate of drug-likeness (QED) is 0.764. The lowest BCUT2D eigenvalue weighted by atomic mass is 10.0. The summed E-state index contributed by atoms with van der Waals surface area (Å²) in [5, 5.41) is -0.0756. The summed E-state index contributed by atoms with van der Waals surface area (Å²) in [4.78, 5) is 14.4. The zero-order valence-corrected chi connectivity index (χ0v) is 14.8. The molecule has 1 atom stereocenters. The lowest BCUT2D eigenvalue weighted by Crippen LogP contribution is -2.33. The Kier molecular flexibility index (Phi) is 6.14. The fraction of sp³-hybridized carbons (Fsp3) is 0.632. The van der Waals surface area contributed by atoms with Gasteiger partial charge < -0.3 is 4.90 Å². The third-order valence-corrected chi connectivity index (χ3v) is 6.55. The molecule has 1 aromatic carbocycles. The molecule has 2 fully saturated rings. The fourth-order valence-electron chi connectivity index (χ4n) is 3.81. The van der Waals surface area contributed by atoms with E-state index in [4.69, 9.17) is 0 Å². The third kappa shape index (κ3) is 4.50. The molecule has 0 N–H and O–H groups in total. The minimum Gasteiger partial charge on any atom is -0.342 e. The highest BCUT2D eigenvalue weighted by Crippen LogP contribution is 2.36. The SMILES string of the molecule is O=C(CCC1CCCC1)N1CCSC(c2cc(F)ccc2F)CC1. The van der Waals surface area contributed by atoms with Crippen LogP contribution in [0.1, 0.15) is 55.8 Å². The molecule has 132 valence electrons. The molecule has 0 spiro atoms. The molecular weight excluding hydrogens is 328 g/mol. The van der Waals surface area contributed by atoms with Crippen molar-refractivity contribution in [1.82, 2.24) is 4.90 Å². The Balaban J connectivity index is 1.54. The van der Waals surface area contributed by atoms with E-state index in [0.717, 1.165) is 24.2 Å². The van der Waals surface area contributed by atoms with Crippen molar-refractivity contribution < 1.29 is 13.6 Å². The van der Waals surface area contributed by atoms with Crippen molar-refractivity contribution in [2.45, 2.75) is 50.2 Å². The van der Waals surface area contributed by atoms with Crippen LogP contribution >= 0.6 is 11.8 Å². The number of carbonyl (C=O) groups is 1. The summed E-state index contributed by atoms with van der Waals surface area (Å²) in [6, 6.07) is 3.64. The number of carbonyl (C=O) groups excluding carboxylic acids is 1. The van der Waals surface area contributed by atoms with Gasteiger partial charge >= 0.3 is 0 Å². The Bertz CT molecular complexity index is 574. The van der Waals surface area contributed by atoms with Crippen molar-refractivity contribution in [2.24, 2.45) is 5.92 Å². The third-order valence-electron chi connectivity index (χ3n) is 5.24. The zero-order valence-electron chi connectivity index (χ0n) is 14.0. The molecule has 1 saturated carbocycles. The van der Waals surface area contributed by atoms with Crippen LogP contribution in [0.25, 0.3) is 0 Å². The average Bonchev–Trinajstić information content (AvgIpc) is 2.98. The van der Waals surface area contributed by atoms with E-state index in [9.17, 15) is 13.6 Å². The van der Waals surface area contributed by atoms with Gasteiger partial charge in [-0.2, -0.15) is 11.8 Å². The van der Waals surface area contributed by atoms with Crippen molar-refractivity contribution in [2.75, 3.05) is 18.8 Å². The molecule has 1 aromatic rings. The minimum absolute atomic E-state index is 0.0756. The van der Waals surface area contributed by atoms with E-state index >= 15 is 0 Å². The topological polar surface area (TPSA) is 20.3 Å².